The van der Waals surface area contributed by atoms with Gasteiger partial charge >= 0.3 is 0 Å². The van der Waals surface area contributed by atoms with Gasteiger partial charge in [0.1, 0.15) is 5.75 Å². The predicted molar refractivity (Wildman–Crippen MR) is 92.8 cm³/mol. The fourth-order valence-electron chi connectivity index (χ4n) is 1.58. The summed E-state index contributed by atoms with van der Waals surface area (Å²) in [5, 5.41) is 6.44. The zero-order valence-corrected chi connectivity index (χ0v) is 13.6. The van der Waals surface area contributed by atoms with Crippen LogP contribution >= 0.6 is 35.4 Å². The third-order valence-electron chi connectivity index (χ3n) is 2.54. The molecule has 0 radical (unpaired) electrons. The van der Waals surface area contributed by atoms with E-state index in [1.165, 1.54) is 6.07 Å². The number of hydrogen-bond acceptors (Lipinski definition) is 3. The number of para-hydroxylation sites is 1. The minimum absolute atomic E-state index is 0.196. The number of carbonyl (C=O) groups excluding carboxylic acids is 1. The summed E-state index contributed by atoms with van der Waals surface area (Å²) in [5.41, 5.74) is 0.787. The van der Waals surface area contributed by atoms with Crippen molar-refractivity contribution in [2.24, 2.45) is 0 Å². The topological polar surface area (TPSA) is 50.4 Å². The average Bonchev–Trinajstić information content (AvgIpc) is 2.47. The molecule has 0 aliphatic heterocycles. The van der Waals surface area contributed by atoms with Crippen LogP contribution in [0.5, 0.6) is 5.75 Å². The Morgan fingerprint density at radius 1 is 1.14 bits per heavy atom. The molecule has 114 valence electrons. The van der Waals surface area contributed by atoms with Gasteiger partial charge in [-0.2, -0.15) is 0 Å². The van der Waals surface area contributed by atoms with E-state index in [0.29, 0.717) is 15.8 Å². The summed E-state index contributed by atoms with van der Waals surface area (Å²) in [5.74, 6) is -0.0115. The van der Waals surface area contributed by atoms with Crippen molar-refractivity contribution in [1.82, 2.24) is 5.32 Å². The molecular formula is C15H12Cl2N2O2S. The SMILES string of the molecule is O=C(COc1ccc(Cl)cc1Cl)NC(=S)Nc1ccccc1. The summed E-state index contributed by atoms with van der Waals surface area (Å²) in [6, 6.07) is 14.0. The quantitative estimate of drug-likeness (QED) is 0.818. The highest BCUT2D eigenvalue weighted by atomic mass is 35.5. The monoisotopic (exact) mass is 354 g/mol. The molecule has 0 spiro atoms. The Morgan fingerprint density at radius 3 is 2.55 bits per heavy atom. The second-order valence-electron chi connectivity index (χ2n) is 4.23. The number of amides is 1. The molecule has 0 aromatic heterocycles. The molecule has 2 rings (SSSR count). The standard InChI is InChI=1S/C15H12Cl2N2O2S/c16-10-6-7-13(12(17)8-10)21-9-14(20)19-15(22)18-11-4-2-1-3-5-11/h1-8H,9H2,(H2,18,19,20,22). The molecule has 7 heteroatoms. The number of thiocarbonyl (C=S) groups is 1. The molecule has 22 heavy (non-hydrogen) atoms. The number of benzene rings is 2. The second kappa shape index (κ2) is 7.98. The van der Waals surface area contributed by atoms with Crippen LogP contribution in [0.2, 0.25) is 10.0 Å². The molecule has 0 bridgehead atoms. The van der Waals surface area contributed by atoms with E-state index in [2.05, 4.69) is 10.6 Å². The van der Waals surface area contributed by atoms with Gasteiger partial charge in [-0.15, -0.1) is 0 Å². The number of anilines is 1. The summed E-state index contributed by atoms with van der Waals surface area (Å²) in [6.07, 6.45) is 0. The Hall–Kier alpha value is -1.82. The Bertz CT molecular complexity index is 680. The van der Waals surface area contributed by atoms with Gasteiger partial charge in [-0.3, -0.25) is 10.1 Å². The number of nitrogens with one attached hydrogen (secondary N) is 2. The van der Waals surface area contributed by atoms with Crippen LogP contribution in [0.25, 0.3) is 0 Å². The van der Waals surface area contributed by atoms with E-state index in [-0.39, 0.29) is 17.6 Å². The van der Waals surface area contributed by atoms with Crippen LogP contribution in [-0.2, 0) is 4.79 Å². The van der Waals surface area contributed by atoms with Crippen LogP contribution in [-0.4, -0.2) is 17.6 Å². The Morgan fingerprint density at radius 2 is 1.86 bits per heavy atom. The molecule has 2 aromatic carbocycles. The highest BCUT2D eigenvalue weighted by Crippen LogP contribution is 2.27. The zero-order chi connectivity index (χ0) is 15.9. The maximum absolute atomic E-state index is 11.8. The van der Waals surface area contributed by atoms with Crippen molar-refractivity contribution in [3.63, 3.8) is 0 Å². The van der Waals surface area contributed by atoms with Crippen molar-refractivity contribution in [1.29, 1.82) is 0 Å². The number of carbonyl (C=O) groups is 1. The van der Waals surface area contributed by atoms with Crippen molar-refractivity contribution in [2.75, 3.05) is 11.9 Å². The second-order valence-corrected chi connectivity index (χ2v) is 5.48. The molecule has 1 amide bonds. The largest absolute Gasteiger partial charge is 0.482 e. The van der Waals surface area contributed by atoms with Gasteiger partial charge in [0.2, 0.25) is 0 Å². The lowest BCUT2D eigenvalue weighted by molar-refractivity contribution is -0.121. The molecule has 0 saturated heterocycles. The Kier molecular flexibility index (Phi) is 6.00. The van der Waals surface area contributed by atoms with E-state index < -0.39 is 0 Å². The smallest absolute Gasteiger partial charge is 0.264 e. The van der Waals surface area contributed by atoms with E-state index in [4.69, 9.17) is 40.2 Å². The molecule has 0 heterocycles. The van der Waals surface area contributed by atoms with E-state index in [1.807, 2.05) is 30.3 Å². The number of halogens is 2. The van der Waals surface area contributed by atoms with Crippen LogP contribution in [0.3, 0.4) is 0 Å². The third-order valence-corrected chi connectivity index (χ3v) is 3.27. The zero-order valence-electron chi connectivity index (χ0n) is 11.3. The minimum Gasteiger partial charge on any atom is -0.482 e. The molecular weight excluding hydrogens is 343 g/mol. The van der Waals surface area contributed by atoms with Crippen molar-refractivity contribution in [3.05, 3.63) is 58.6 Å². The highest BCUT2D eigenvalue weighted by Gasteiger charge is 2.08. The molecule has 0 aliphatic rings. The summed E-state index contributed by atoms with van der Waals surface area (Å²) in [4.78, 5) is 11.8. The molecule has 0 aliphatic carbocycles. The maximum atomic E-state index is 11.8. The number of hydrogen-bond donors (Lipinski definition) is 2. The van der Waals surface area contributed by atoms with Crippen LogP contribution in [0.1, 0.15) is 0 Å². The number of rotatable bonds is 4. The van der Waals surface area contributed by atoms with Crippen molar-refractivity contribution in [3.8, 4) is 5.75 Å². The predicted octanol–water partition coefficient (Wildman–Crippen LogP) is 3.89. The maximum Gasteiger partial charge on any atom is 0.264 e. The minimum atomic E-state index is -0.389. The molecule has 0 atom stereocenters. The molecule has 0 unspecified atom stereocenters. The summed E-state index contributed by atoms with van der Waals surface area (Å²) >= 11 is 16.8. The van der Waals surface area contributed by atoms with E-state index in [9.17, 15) is 4.79 Å². The fraction of sp³-hybridized carbons (Fsp3) is 0.0667. The molecule has 0 saturated carbocycles. The first-order chi connectivity index (χ1) is 10.5. The van der Waals surface area contributed by atoms with Gasteiger partial charge in [-0.05, 0) is 42.5 Å². The van der Waals surface area contributed by atoms with Crippen LogP contribution < -0.4 is 15.4 Å². The lowest BCUT2D eigenvalue weighted by atomic mass is 10.3. The summed E-state index contributed by atoms with van der Waals surface area (Å²) < 4.78 is 5.31. The van der Waals surface area contributed by atoms with Gasteiger partial charge < -0.3 is 10.1 Å². The van der Waals surface area contributed by atoms with Gasteiger partial charge in [-0.25, -0.2) is 0 Å². The van der Waals surface area contributed by atoms with Crippen molar-refractivity contribution in [2.45, 2.75) is 0 Å². The Balaban J connectivity index is 1.81. The number of ether oxygens (including phenoxy) is 1. The molecule has 0 fully saturated rings. The lowest BCUT2D eigenvalue weighted by Gasteiger charge is -2.11. The summed E-state index contributed by atoms with van der Waals surface area (Å²) in [6.45, 7) is -0.210. The molecule has 2 aromatic rings. The first-order valence-electron chi connectivity index (χ1n) is 6.28. The fourth-order valence-corrected chi connectivity index (χ4v) is 2.28. The van der Waals surface area contributed by atoms with Crippen molar-refractivity contribution < 1.29 is 9.53 Å². The lowest BCUT2D eigenvalue weighted by Crippen LogP contribution is -2.37. The van der Waals surface area contributed by atoms with Crippen LogP contribution in [0.15, 0.2) is 48.5 Å². The average molecular weight is 355 g/mol. The highest BCUT2D eigenvalue weighted by molar-refractivity contribution is 7.80. The van der Waals surface area contributed by atoms with Crippen molar-refractivity contribution >= 4 is 52.1 Å². The van der Waals surface area contributed by atoms with E-state index in [0.717, 1.165) is 5.69 Å². The molecule has 4 nitrogen and oxygen atoms in total. The summed E-state index contributed by atoms with van der Waals surface area (Å²) in [7, 11) is 0. The van der Waals surface area contributed by atoms with Crippen LogP contribution in [0, 0.1) is 0 Å². The molecule has 2 N–H and O–H groups in total. The van der Waals surface area contributed by atoms with E-state index >= 15 is 0 Å². The van der Waals surface area contributed by atoms with Gasteiger partial charge in [0.05, 0.1) is 5.02 Å². The van der Waals surface area contributed by atoms with E-state index in [1.54, 1.807) is 12.1 Å². The normalized spacial score (nSPS) is 9.91. The van der Waals surface area contributed by atoms with Gasteiger partial charge in [0.25, 0.3) is 5.91 Å². The third kappa shape index (κ3) is 5.18. The van der Waals surface area contributed by atoms with Gasteiger partial charge in [0, 0.05) is 10.7 Å². The first-order valence-corrected chi connectivity index (χ1v) is 7.45. The van der Waals surface area contributed by atoms with Crippen LogP contribution in [0.4, 0.5) is 5.69 Å². The first kappa shape index (κ1) is 16.5. The Labute approximate surface area is 143 Å². The van der Waals surface area contributed by atoms with Gasteiger partial charge in [-0.1, -0.05) is 41.4 Å². The van der Waals surface area contributed by atoms with Gasteiger partial charge in [0.15, 0.2) is 11.7 Å².